The first-order valence-corrected chi connectivity index (χ1v) is 5.70. The van der Waals surface area contributed by atoms with E-state index in [0.717, 1.165) is 0 Å². The minimum atomic E-state index is -0.460. The van der Waals surface area contributed by atoms with E-state index in [4.69, 9.17) is 9.26 Å². The molecule has 2 aromatic rings. The monoisotopic (exact) mass is 261 g/mol. The summed E-state index contributed by atoms with van der Waals surface area (Å²) >= 11 is 0. The van der Waals surface area contributed by atoms with Crippen LogP contribution in [0.25, 0.3) is 11.3 Å². The van der Waals surface area contributed by atoms with Crippen molar-refractivity contribution in [1.82, 2.24) is 5.16 Å². The number of hydrogen-bond acceptors (Lipinski definition) is 4. The van der Waals surface area contributed by atoms with E-state index < -0.39 is 11.8 Å². The second-order valence-electron chi connectivity index (χ2n) is 3.77. The molecule has 4 nitrogen and oxygen atoms in total. The van der Waals surface area contributed by atoms with Gasteiger partial charge < -0.3 is 9.26 Å². The molecule has 5 heteroatoms. The third kappa shape index (κ3) is 3.28. The molecule has 0 fully saturated rings. The van der Waals surface area contributed by atoms with Gasteiger partial charge in [0.2, 0.25) is 0 Å². The fourth-order valence-corrected chi connectivity index (χ4v) is 1.50. The standard InChI is InChI=1S/C14H12FNO3/c1-2-5-14(17)18-9-10-8-13(19-16-10)11-6-3-4-7-12(11)15/h2-8H,9H2,1H3/b5-2-. The molecule has 0 spiro atoms. The number of carbonyl (C=O) groups excluding carboxylic acids is 1. The fourth-order valence-electron chi connectivity index (χ4n) is 1.50. The van der Waals surface area contributed by atoms with E-state index in [1.54, 1.807) is 37.3 Å². The lowest BCUT2D eigenvalue weighted by atomic mass is 10.1. The van der Waals surface area contributed by atoms with Crippen LogP contribution in [0.1, 0.15) is 12.6 Å². The van der Waals surface area contributed by atoms with Crippen LogP contribution < -0.4 is 0 Å². The lowest BCUT2D eigenvalue weighted by Crippen LogP contribution is -2.00. The maximum Gasteiger partial charge on any atom is 0.330 e. The molecule has 0 saturated heterocycles. The maximum atomic E-state index is 13.5. The van der Waals surface area contributed by atoms with Crippen LogP contribution in [0, 0.1) is 5.82 Å². The molecular formula is C14H12FNO3. The molecule has 0 radical (unpaired) electrons. The summed E-state index contributed by atoms with van der Waals surface area (Å²) < 4.78 is 23.4. The highest BCUT2D eigenvalue weighted by atomic mass is 19.1. The van der Waals surface area contributed by atoms with E-state index in [-0.39, 0.29) is 6.61 Å². The second kappa shape index (κ2) is 5.95. The van der Waals surface area contributed by atoms with Gasteiger partial charge in [0.25, 0.3) is 0 Å². The Kier molecular flexibility index (Phi) is 4.07. The molecule has 0 aliphatic heterocycles. The largest absolute Gasteiger partial charge is 0.456 e. The van der Waals surface area contributed by atoms with Crippen molar-refractivity contribution in [3.8, 4) is 11.3 Å². The molecular weight excluding hydrogens is 249 g/mol. The summed E-state index contributed by atoms with van der Waals surface area (Å²) in [7, 11) is 0. The molecule has 0 saturated carbocycles. The molecule has 19 heavy (non-hydrogen) atoms. The molecule has 1 aromatic carbocycles. The average molecular weight is 261 g/mol. The van der Waals surface area contributed by atoms with Gasteiger partial charge in [-0.15, -0.1) is 0 Å². The predicted octanol–water partition coefficient (Wildman–Crippen LogP) is 3.10. The zero-order valence-corrected chi connectivity index (χ0v) is 10.3. The summed E-state index contributed by atoms with van der Waals surface area (Å²) in [5.41, 5.74) is 0.747. The van der Waals surface area contributed by atoms with Crippen molar-refractivity contribution in [2.24, 2.45) is 0 Å². The van der Waals surface area contributed by atoms with E-state index in [1.165, 1.54) is 12.1 Å². The van der Waals surface area contributed by atoms with Crippen molar-refractivity contribution in [2.75, 3.05) is 0 Å². The van der Waals surface area contributed by atoms with Gasteiger partial charge in [0, 0.05) is 12.1 Å². The average Bonchev–Trinajstić information content (AvgIpc) is 2.86. The van der Waals surface area contributed by atoms with Crippen LogP contribution >= 0.6 is 0 Å². The molecule has 0 aliphatic carbocycles. The Labute approximate surface area is 109 Å². The van der Waals surface area contributed by atoms with Crippen molar-refractivity contribution >= 4 is 5.97 Å². The summed E-state index contributed by atoms with van der Waals surface area (Å²) in [4.78, 5) is 11.1. The number of rotatable bonds is 4. The summed E-state index contributed by atoms with van der Waals surface area (Å²) in [6, 6.07) is 7.76. The number of esters is 1. The molecule has 0 amide bonds. The van der Waals surface area contributed by atoms with Crippen LogP contribution in [0.15, 0.2) is 47.0 Å². The number of allylic oxidation sites excluding steroid dienone is 1. The normalized spacial score (nSPS) is 10.8. The molecule has 0 atom stereocenters. The summed E-state index contributed by atoms with van der Waals surface area (Å²) in [5, 5.41) is 3.72. The van der Waals surface area contributed by atoms with E-state index in [2.05, 4.69) is 5.16 Å². The predicted molar refractivity (Wildman–Crippen MR) is 66.5 cm³/mol. The van der Waals surface area contributed by atoms with E-state index in [0.29, 0.717) is 17.0 Å². The fraction of sp³-hybridized carbons (Fsp3) is 0.143. The molecule has 1 aromatic heterocycles. The minimum absolute atomic E-state index is 0.0128. The highest BCUT2D eigenvalue weighted by Crippen LogP contribution is 2.23. The molecule has 0 aliphatic rings. The Hall–Kier alpha value is -2.43. The lowest BCUT2D eigenvalue weighted by molar-refractivity contribution is -0.139. The van der Waals surface area contributed by atoms with Crippen LogP contribution in [0.4, 0.5) is 4.39 Å². The summed E-state index contributed by atoms with van der Waals surface area (Å²) in [6.07, 6.45) is 2.88. The highest BCUT2D eigenvalue weighted by Gasteiger charge is 2.11. The Balaban J connectivity index is 2.08. The van der Waals surface area contributed by atoms with Gasteiger partial charge in [-0.25, -0.2) is 9.18 Å². The van der Waals surface area contributed by atoms with Crippen molar-refractivity contribution < 1.29 is 18.4 Å². The number of nitrogens with zero attached hydrogens (tertiary/aromatic N) is 1. The van der Waals surface area contributed by atoms with Gasteiger partial charge in [-0.05, 0) is 19.1 Å². The molecule has 2 rings (SSSR count). The third-order valence-corrected chi connectivity index (χ3v) is 2.36. The van der Waals surface area contributed by atoms with Gasteiger partial charge in [0.05, 0.1) is 5.56 Å². The van der Waals surface area contributed by atoms with E-state index in [9.17, 15) is 9.18 Å². The molecule has 0 bridgehead atoms. The van der Waals surface area contributed by atoms with Gasteiger partial charge in [0.15, 0.2) is 5.76 Å². The summed E-state index contributed by atoms with van der Waals surface area (Å²) in [5.74, 6) is -0.552. The summed E-state index contributed by atoms with van der Waals surface area (Å²) in [6.45, 7) is 1.70. The topological polar surface area (TPSA) is 52.3 Å². The lowest BCUT2D eigenvalue weighted by Gasteiger charge is -1.96. The number of benzene rings is 1. The van der Waals surface area contributed by atoms with Crippen molar-refractivity contribution in [3.05, 3.63) is 54.0 Å². The van der Waals surface area contributed by atoms with Crippen LogP contribution in [0.5, 0.6) is 0 Å². The van der Waals surface area contributed by atoms with Crippen LogP contribution in [0.3, 0.4) is 0 Å². The maximum absolute atomic E-state index is 13.5. The van der Waals surface area contributed by atoms with Crippen LogP contribution in [0.2, 0.25) is 0 Å². The molecule has 0 unspecified atom stereocenters. The van der Waals surface area contributed by atoms with Gasteiger partial charge >= 0.3 is 5.97 Å². The van der Waals surface area contributed by atoms with Gasteiger partial charge in [0.1, 0.15) is 18.1 Å². The first-order chi connectivity index (χ1) is 9.20. The number of hydrogen-bond donors (Lipinski definition) is 0. The van der Waals surface area contributed by atoms with Crippen molar-refractivity contribution in [2.45, 2.75) is 13.5 Å². The molecule has 1 heterocycles. The van der Waals surface area contributed by atoms with Gasteiger partial charge in [-0.2, -0.15) is 0 Å². The zero-order valence-electron chi connectivity index (χ0n) is 10.3. The van der Waals surface area contributed by atoms with Crippen LogP contribution in [-0.2, 0) is 16.1 Å². The Morgan fingerprint density at radius 3 is 3.00 bits per heavy atom. The highest BCUT2D eigenvalue weighted by molar-refractivity contribution is 5.81. The van der Waals surface area contributed by atoms with Crippen molar-refractivity contribution in [3.63, 3.8) is 0 Å². The van der Waals surface area contributed by atoms with E-state index in [1.807, 2.05) is 0 Å². The Bertz CT molecular complexity index is 604. The number of aromatic nitrogens is 1. The quantitative estimate of drug-likeness (QED) is 0.627. The zero-order chi connectivity index (χ0) is 13.7. The molecule has 98 valence electrons. The van der Waals surface area contributed by atoms with Crippen molar-refractivity contribution in [1.29, 1.82) is 0 Å². The SMILES string of the molecule is C/C=C\C(=O)OCc1cc(-c2ccccc2F)on1. The van der Waals surface area contributed by atoms with Gasteiger partial charge in [-0.3, -0.25) is 0 Å². The number of carbonyl (C=O) groups is 1. The first kappa shape index (κ1) is 13.0. The third-order valence-electron chi connectivity index (χ3n) is 2.36. The Morgan fingerprint density at radius 1 is 1.47 bits per heavy atom. The number of halogens is 1. The minimum Gasteiger partial charge on any atom is -0.456 e. The van der Waals surface area contributed by atoms with E-state index >= 15 is 0 Å². The van der Waals surface area contributed by atoms with Gasteiger partial charge in [-0.1, -0.05) is 23.4 Å². The first-order valence-electron chi connectivity index (χ1n) is 5.70. The second-order valence-corrected chi connectivity index (χ2v) is 3.77. The Morgan fingerprint density at radius 2 is 2.26 bits per heavy atom. The van der Waals surface area contributed by atoms with Crippen LogP contribution in [-0.4, -0.2) is 11.1 Å². The number of ether oxygens (including phenoxy) is 1. The smallest absolute Gasteiger partial charge is 0.330 e. The molecule has 0 N–H and O–H groups in total.